The number of hydrogen-bond donors (Lipinski definition) is 0. The Hall–Kier alpha value is -1.38. The normalized spacial score (nSPS) is 11.0. The van der Waals surface area contributed by atoms with Crippen LogP contribution in [0.25, 0.3) is 11.4 Å². The number of alkyl halides is 3. The fourth-order valence-corrected chi connectivity index (χ4v) is 1.49. The first-order valence-corrected chi connectivity index (χ1v) is 5.56. The number of carbonyl (C=O) groups is 1. The zero-order valence-electron chi connectivity index (χ0n) is 11.0. The topological polar surface area (TPSA) is 79.0 Å². The Kier molecular flexibility index (Phi) is 5.94. The van der Waals surface area contributed by atoms with E-state index in [2.05, 4.69) is 10.1 Å². The SMILES string of the molecule is O=C([O-])CCc1nc(-c2ccc(C(F)(F)F)cc2)no1.[Na+]. The summed E-state index contributed by atoms with van der Waals surface area (Å²) in [5.74, 6) is -1.06. The van der Waals surface area contributed by atoms with Gasteiger partial charge in [0.25, 0.3) is 0 Å². The second-order valence-electron chi connectivity index (χ2n) is 3.96. The molecule has 0 aliphatic heterocycles. The molecule has 1 heterocycles. The van der Waals surface area contributed by atoms with Gasteiger partial charge in [-0.1, -0.05) is 17.3 Å². The number of benzene rings is 1. The monoisotopic (exact) mass is 308 g/mol. The van der Waals surface area contributed by atoms with Crippen molar-refractivity contribution in [1.29, 1.82) is 0 Å². The minimum Gasteiger partial charge on any atom is -0.550 e. The molecule has 2 rings (SSSR count). The Morgan fingerprint density at radius 2 is 1.86 bits per heavy atom. The van der Waals surface area contributed by atoms with Gasteiger partial charge in [-0.25, -0.2) is 0 Å². The summed E-state index contributed by atoms with van der Waals surface area (Å²) in [6.07, 6.45) is -4.67. The third-order valence-electron chi connectivity index (χ3n) is 2.48. The van der Waals surface area contributed by atoms with Crippen LogP contribution in [-0.4, -0.2) is 16.1 Å². The number of hydrogen-bond acceptors (Lipinski definition) is 5. The van der Waals surface area contributed by atoms with Crippen LogP contribution in [0.5, 0.6) is 0 Å². The minimum absolute atomic E-state index is 0. The molecule has 0 aliphatic rings. The third kappa shape index (κ3) is 4.83. The molecule has 0 N–H and O–H groups in total. The van der Waals surface area contributed by atoms with Gasteiger partial charge in [0.2, 0.25) is 11.7 Å². The van der Waals surface area contributed by atoms with Crippen LogP contribution in [0.2, 0.25) is 0 Å². The Morgan fingerprint density at radius 1 is 1.24 bits per heavy atom. The maximum Gasteiger partial charge on any atom is 1.00 e. The number of aryl methyl sites for hydroxylation is 1. The summed E-state index contributed by atoms with van der Waals surface area (Å²) in [6.45, 7) is 0. The second-order valence-corrected chi connectivity index (χ2v) is 3.96. The number of aliphatic carboxylic acids is 1. The Morgan fingerprint density at radius 3 is 2.38 bits per heavy atom. The summed E-state index contributed by atoms with van der Waals surface area (Å²) in [4.78, 5) is 14.2. The average Bonchev–Trinajstić information content (AvgIpc) is 2.84. The van der Waals surface area contributed by atoms with E-state index in [-0.39, 0.29) is 54.1 Å². The van der Waals surface area contributed by atoms with Crippen LogP contribution >= 0.6 is 0 Å². The molecular formula is C12H8F3N2NaO3. The summed E-state index contributed by atoms with van der Waals surface area (Å²) >= 11 is 0. The Bertz CT molecular complexity index is 611. The van der Waals surface area contributed by atoms with Crippen molar-refractivity contribution < 1.29 is 57.2 Å². The zero-order valence-corrected chi connectivity index (χ0v) is 13.0. The second kappa shape index (κ2) is 7.06. The molecule has 0 atom stereocenters. The van der Waals surface area contributed by atoms with Crippen molar-refractivity contribution in [2.75, 3.05) is 0 Å². The van der Waals surface area contributed by atoms with Crippen LogP contribution in [0.1, 0.15) is 17.9 Å². The smallest absolute Gasteiger partial charge is 0.550 e. The average molecular weight is 308 g/mol. The number of nitrogens with zero attached hydrogens (tertiary/aromatic N) is 2. The van der Waals surface area contributed by atoms with Crippen LogP contribution in [0.4, 0.5) is 13.2 Å². The van der Waals surface area contributed by atoms with Crippen molar-refractivity contribution in [2.24, 2.45) is 0 Å². The molecule has 0 saturated carbocycles. The summed E-state index contributed by atoms with van der Waals surface area (Å²) in [5, 5.41) is 13.8. The van der Waals surface area contributed by atoms with Gasteiger partial charge < -0.3 is 14.4 Å². The maximum absolute atomic E-state index is 12.4. The van der Waals surface area contributed by atoms with Crippen LogP contribution < -0.4 is 34.7 Å². The van der Waals surface area contributed by atoms with E-state index in [9.17, 15) is 23.1 Å². The molecule has 0 unspecified atom stereocenters. The number of carbonyl (C=O) groups excluding carboxylic acids is 1. The van der Waals surface area contributed by atoms with Crippen LogP contribution in [0, 0.1) is 0 Å². The molecule has 0 radical (unpaired) electrons. The predicted octanol–water partition coefficient (Wildman–Crippen LogP) is -1.56. The third-order valence-corrected chi connectivity index (χ3v) is 2.48. The van der Waals surface area contributed by atoms with E-state index in [1.807, 2.05) is 0 Å². The van der Waals surface area contributed by atoms with E-state index in [0.29, 0.717) is 5.56 Å². The molecule has 21 heavy (non-hydrogen) atoms. The fraction of sp³-hybridized carbons (Fsp3) is 0.250. The van der Waals surface area contributed by atoms with Crippen molar-refractivity contribution in [3.05, 3.63) is 35.7 Å². The number of carboxylic acids is 1. The van der Waals surface area contributed by atoms with E-state index in [1.54, 1.807) is 0 Å². The van der Waals surface area contributed by atoms with Gasteiger partial charge in [-0.2, -0.15) is 18.2 Å². The van der Waals surface area contributed by atoms with Gasteiger partial charge in [-0.3, -0.25) is 0 Å². The number of halogens is 3. The van der Waals surface area contributed by atoms with Crippen LogP contribution in [-0.2, 0) is 17.4 Å². The minimum atomic E-state index is -4.41. The van der Waals surface area contributed by atoms with E-state index in [4.69, 9.17) is 4.52 Å². The molecule has 1 aromatic heterocycles. The van der Waals surface area contributed by atoms with Gasteiger partial charge in [0.1, 0.15) is 0 Å². The van der Waals surface area contributed by atoms with Gasteiger partial charge in [-0.05, 0) is 18.6 Å². The maximum atomic E-state index is 12.4. The molecular weight excluding hydrogens is 300 g/mol. The van der Waals surface area contributed by atoms with Crippen molar-refractivity contribution in [1.82, 2.24) is 10.1 Å². The van der Waals surface area contributed by atoms with Crippen LogP contribution in [0.3, 0.4) is 0 Å². The molecule has 0 bridgehead atoms. The summed E-state index contributed by atoms with van der Waals surface area (Å²) < 4.78 is 42.0. The van der Waals surface area contributed by atoms with Crippen molar-refractivity contribution in [2.45, 2.75) is 19.0 Å². The molecule has 1 aromatic carbocycles. The molecule has 0 amide bonds. The van der Waals surface area contributed by atoms with E-state index in [0.717, 1.165) is 12.1 Å². The fourth-order valence-electron chi connectivity index (χ4n) is 1.49. The molecule has 5 nitrogen and oxygen atoms in total. The predicted molar refractivity (Wildman–Crippen MR) is 58.1 cm³/mol. The first-order chi connectivity index (χ1) is 9.36. The first-order valence-electron chi connectivity index (χ1n) is 5.56. The van der Waals surface area contributed by atoms with E-state index >= 15 is 0 Å². The number of aromatic nitrogens is 2. The number of carboxylic acid groups (broad SMARTS) is 1. The molecule has 0 aliphatic carbocycles. The molecule has 0 fully saturated rings. The zero-order chi connectivity index (χ0) is 14.8. The first kappa shape index (κ1) is 17.7. The van der Waals surface area contributed by atoms with Crippen molar-refractivity contribution >= 4 is 5.97 Å². The van der Waals surface area contributed by atoms with Crippen LogP contribution in [0.15, 0.2) is 28.8 Å². The Labute approximate surface area is 139 Å². The van der Waals surface area contributed by atoms with Crippen molar-refractivity contribution in [3.63, 3.8) is 0 Å². The van der Waals surface area contributed by atoms with Gasteiger partial charge >= 0.3 is 35.7 Å². The molecule has 9 heteroatoms. The molecule has 0 spiro atoms. The summed E-state index contributed by atoms with van der Waals surface area (Å²) in [7, 11) is 0. The quantitative estimate of drug-likeness (QED) is 0.639. The number of rotatable bonds is 4. The van der Waals surface area contributed by atoms with Gasteiger partial charge in [0.15, 0.2) is 0 Å². The summed E-state index contributed by atoms with van der Waals surface area (Å²) in [6, 6.07) is 4.26. The van der Waals surface area contributed by atoms with Crippen molar-refractivity contribution in [3.8, 4) is 11.4 Å². The Balaban J connectivity index is 0.00000220. The molecule has 106 valence electrons. The van der Waals surface area contributed by atoms with E-state index < -0.39 is 17.7 Å². The van der Waals surface area contributed by atoms with E-state index in [1.165, 1.54) is 12.1 Å². The molecule has 0 saturated heterocycles. The molecule has 2 aromatic rings. The largest absolute Gasteiger partial charge is 1.00 e. The van der Waals surface area contributed by atoms with Gasteiger partial charge in [0, 0.05) is 18.0 Å². The standard InChI is InChI=1S/C12H9F3N2O3.Na/c13-12(14,15)8-3-1-7(2-4-8)11-16-9(20-17-11)5-6-10(18)19;/h1-4H,5-6H2,(H,18,19);/q;+1/p-1. The summed E-state index contributed by atoms with van der Waals surface area (Å²) in [5.41, 5.74) is -0.427. The van der Waals surface area contributed by atoms with Gasteiger partial charge in [0.05, 0.1) is 5.56 Å². The van der Waals surface area contributed by atoms with Gasteiger partial charge in [-0.15, -0.1) is 0 Å².